The topological polar surface area (TPSA) is 54.0 Å². The lowest BCUT2D eigenvalue weighted by Gasteiger charge is -2.23. The van der Waals surface area contributed by atoms with E-state index in [4.69, 9.17) is 0 Å². The molecule has 2 fully saturated rings. The molecule has 1 atom stereocenters. The van der Waals surface area contributed by atoms with Crippen LogP contribution in [0.1, 0.15) is 30.5 Å². The molecular weight excluding hydrogens is 350 g/mol. The van der Waals surface area contributed by atoms with Crippen molar-refractivity contribution < 1.29 is 4.79 Å². The summed E-state index contributed by atoms with van der Waals surface area (Å²) in [5.74, 6) is 0.391. The van der Waals surface area contributed by atoms with Crippen molar-refractivity contribution in [2.45, 2.75) is 42.3 Å². The summed E-state index contributed by atoms with van der Waals surface area (Å²) in [5.41, 5.74) is 3.37. The van der Waals surface area contributed by atoms with E-state index in [2.05, 4.69) is 40.1 Å². The second-order valence-corrected chi connectivity index (χ2v) is 9.37. The van der Waals surface area contributed by atoms with Crippen LogP contribution in [-0.4, -0.2) is 24.0 Å². The number of carbonyl (C=O) groups excluding carboxylic acids is 1. The van der Waals surface area contributed by atoms with Crippen molar-refractivity contribution in [1.82, 2.24) is 10.3 Å². The first-order chi connectivity index (χ1) is 12.1. The molecule has 2 aromatic rings. The van der Waals surface area contributed by atoms with Gasteiger partial charge in [0.05, 0.1) is 0 Å². The summed E-state index contributed by atoms with van der Waals surface area (Å²) in [5, 5.41) is 8.61. The van der Waals surface area contributed by atoms with E-state index < -0.39 is 0 Å². The van der Waals surface area contributed by atoms with E-state index in [0.29, 0.717) is 0 Å². The number of carbonyl (C=O) groups is 1. The molecule has 1 aliphatic heterocycles. The fourth-order valence-corrected chi connectivity index (χ4v) is 5.64. The Morgan fingerprint density at radius 1 is 1.36 bits per heavy atom. The number of benzene rings is 1. The number of nitrogens with one attached hydrogen (secondary N) is 2. The molecule has 1 aromatic carbocycles. The van der Waals surface area contributed by atoms with Crippen molar-refractivity contribution in [3.05, 3.63) is 34.8 Å². The van der Waals surface area contributed by atoms with Crippen LogP contribution in [0.2, 0.25) is 0 Å². The first kappa shape index (κ1) is 17.1. The van der Waals surface area contributed by atoms with Crippen LogP contribution in [0.25, 0.3) is 0 Å². The van der Waals surface area contributed by atoms with Gasteiger partial charge in [0.15, 0.2) is 4.34 Å². The Hall–Kier alpha value is -1.37. The van der Waals surface area contributed by atoms with E-state index in [-0.39, 0.29) is 17.2 Å². The largest absolute Gasteiger partial charge is 0.326 e. The summed E-state index contributed by atoms with van der Waals surface area (Å²) in [7, 11) is 0. The molecule has 1 spiro atoms. The molecule has 2 heterocycles. The van der Waals surface area contributed by atoms with Crippen LogP contribution in [-0.2, 0) is 4.79 Å². The third kappa shape index (κ3) is 3.61. The van der Waals surface area contributed by atoms with Gasteiger partial charge in [-0.2, -0.15) is 0 Å². The van der Waals surface area contributed by atoms with Gasteiger partial charge in [-0.3, -0.25) is 4.79 Å². The van der Waals surface area contributed by atoms with Gasteiger partial charge in [0.25, 0.3) is 0 Å². The number of amides is 1. The summed E-state index contributed by atoms with van der Waals surface area (Å²) in [6.07, 6.45) is 3.32. The minimum absolute atomic E-state index is 0.195. The van der Waals surface area contributed by atoms with Crippen LogP contribution in [0.3, 0.4) is 0 Å². The van der Waals surface area contributed by atoms with Crippen molar-refractivity contribution in [1.29, 1.82) is 0 Å². The van der Waals surface area contributed by atoms with Gasteiger partial charge in [-0.25, -0.2) is 4.98 Å². The molecule has 1 unspecified atom stereocenters. The third-order valence-electron chi connectivity index (χ3n) is 5.36. The highest BCUT2D eigenvalue weighted by atomic mass is 32.2. The predicted molar refractivity (Wildman–Crippen MR) is 103 cm³/mol. The van der Waals surface area contributed by atoms with Crippen LogP contribution < -0.4 is 10.6 Å². The number of nitrogens with zero attached hydrogens (tertiary/aromatic N) is 1. The van der Waals surface area contributed by atoms with E-state index in [0.717, 1.165) is 58.5 Å². The van der Waals surface area contributed by atoms with E-state index in [1.165, 1.54) is 0 Å². The number of piperidine rings is 1. The van der Waals surface area contributed by atoms with Crippen molar-refractivity contribution in [3.8, 4) is 0 Å². The Balaban J connectivity index is 1.40. The maximum atomic E-state index is 12.6. The van der Waals surface area contributed by atoms with Gasteiger partial charge >= 0.3 is 0 Å². The predicted octanol–water partition coefficient (Wildman–Crippen LogP) is 4.24. The molecule has 1 saturated carbocycles. The molecule has 0 radical (unpaired) electrons. The maximum Gasteiger partial charge on any atom is 0.228 e. The summed E-state index contributed by atoms with van der Waals surface area (Å²) in [6, 6.07) is 6.22. The highest BCUT2D eigenvalue weighted by Gasteiger charge is 2.57. The lowest BCUT2D eigenvalue weighted by atomic mass is 9.91. The highest BCUT2D eigenvalue weighted by Crippen LogP contribution is 2.58. The molecule has 1 amide bonds. The molecule has 132 valence electrons. The molecule has 4 rings (SSSR count). The van der Waals surface area contributed by atoms with Gasteiger partial charge in [-0.05, 0) is 75.4 Å². The Bertz CT molecular complexity index is 796. The molecule has 6 heteroatoms. The standard InChI is InChI=1S/C19H23N3OS2/c1-12-9-14(25-18-21-13(2)11-24-18)3-4-16(12)22-17(23)15-10-19(15)5-7-20-8-6-19/h3-4,9,11,15,20H,5-8,10H2,1-2H3,(H,22,23). The highest BCUT2D eigenvalue weighted by molar-refractivity contribution is 8.01. The van der Waals surface area contributed by atoms with Crippen molar-refractivity contribution in [2.75, 3.05) is 18.4 Å². The SMILES string of the molecule is Cc1csc(Sc2ccc(NC(=O)C3CC34CCNCC4)c(C)c2)n1. The summed E-state index contributed by atoms with van der Waals surface area (Å²) in [6.45, 7) is 6.16. The number of hydrogen-bond donors (Lipinski definition) is 2. The summed E-state index contributed by atoms with van der Waals surface area (Å²) in [4.78, 5) is 18.3. The monoisotopic (exact) mass is 373 g/mol. The number of thiazole rings is 1. The summed E-state index contributed by atoms with van der Waals surface area (Å²) < 4.78 is 1.06. The van der Waals surface area contributed by atoms with E-state index in [1.54, 1.807) is 23.1 Å². The van der Waals surface area contributed by atoms with Gasteiger partial charge in [-0.15, -0.1) is 11.3 Å². The quantitative estimate of drug-likeness (QED) is 0.842. The fourth-order valence-electron chi connectivity index (χ4n) is 3.74. The zero-order valence-corrected chi connectivity index (χ0v) is 16.2. The fraction of sp³-hybridized carbons (Fsp3) is 0.474. The Kier molecular flexibility index (Phi) is 4.60. The minimum atomic E-state index is 0.195. The van der Waals surface area contributed by atoms with Gasteiger partial charge in [0, 0.05) is 27.6 Å². The zero-order chi connectivity index (χ0) is 17.4. The van der Waals surface area contributed by atoms with Gasteiger partial charge in [-0.1, -0.05) is 11.8 Å². The average molecular weight is 374 g/mol. The lowest BCUT2D eigenvalue weighted by molar-refractivity contribution is -0.118. The second kappa shape index (κ2) is 6.74. The number of aromatic nitrogens is 1. The van der Waals surface area contributed by atoms with E-state index in [1.807, 2.05) is 13.0 Å². The number of rotatable bonds is 4. The third-order valence-corrected chi connectivity index (χ3v) is 7.41. The van der Waals surface area contributed by atoms with Gasteiger partial charge in [0.1, 0.15) is 0 Å². The van der Waals surface area contributed by atoms with Crippen LogP contribution in [0.15, 0.2) is 32.8 Å². The number of hydrogen-bond acceptors (Lipinski definition) is 5. The smallest absolute Gasteiger partial charge is 0.228 e. The van der Waals surface area contributed by atoms with E-state index >= 15 is 0 Å². The van der Waals surface area contributed by atoms with Crippen LogP contribution in [0.5, 0.6) is 0 Å². The molecule has 1 aliphatic carbocycles. The maximum absolute atomic E-state index is 12.6. The van der Waals surface area contributed by atoms with E-state index in [9.17, 15) is 4.79 Å². The van der Waals surface area contributed by atoms with Crippen molar-refractivity contribution >= 4 is 34.7 Å². The minimum Gasteiger partial charge on any atom is -0.326 e. The second-order valence-electron chi connectivity index (χ2n) is 7.19. The first-order valence-electron chi connectivity index (χ1n) is 8.78. The Morgan fingerprint density at radius 3 is 2.84 bits per heavy atom. The molecule has 2 aliphatic rings. The lowest BCUT2D eigenvalue weighted by Crippen LogP contribution is -2.31. The van der Waals surface area contributed by atoms with Crippen LogP contribution in [0, 0.1) is 25.2 Å². The van der Waals surface area contributed by atoms with Crippen LogP contribution >= 0.6 is 23.1 Å². The van der Waals surface area contributed by atoms with Gasteiger partial charge in [0.2, 0.25) is 5.91 Å². The number of aryl methyl sites for hydroxylation is 2. The molecule has 2 N–H and O–H groups in total. The van der Waals surface area contributed by atoms with Crippen molar-refractivity contribution in [2.24, 2.45) is 11.3 Å². The number of anilines is 1. The molecular formula is C19H23N3OS2. The van der Waals surface area contributed by atoms with Crippen molar-refractivity contribution in [3.63, 3.8) is 0 Å². The molecule has 25 heavy (non-hydrogen) atoms. The average Bonchev–Trinajstić information content (AvgIpc) is 3.12. The normalized spacial score (nSPS) is 21.3. The summed E-state index contributed by atoms with van der Waals surface area (Å²) >= 11 is 3.34. The van der Waals surface area contributed by atoms with Gasteiger partial charge < -0.3 is 10.6 Å². The Morgan fingerprint density at radius 2 is 2.16 bits per heavy atom. The molecule has 1 aromatic heterocycles. The molecule has 4 nitrogen and oxygen atoms in total. The van der Waals surface area contributed by atoms with Crippen LogP contribution in [0.4, 0.5) is 5.69 Å². The zero-order valence-electron chi connectivity index (χ0n) is 14.6. The molecule has 1 saturated heterocycles. The molecule has 0 bridgehead atoms. The Labute approximate surface area is 156 Å². The first-order valence-corrected chi connectivity index (χ1v) is 10.5.